The number of amides is 7. The largest absolute Gasteiger partial charge is 0.488 e. The molecule has 0 unspecified atom stereocenters. The van der Waals surface area contributed by atoms with Gasteiger partial charge in [-0.25, -0.2) is 29.1 Å². The van der Waals surface area contributed by atoms with Gasteiger partial charge in [0.25, 0.3) is 0 Å². The van der Waals surface area contributed by atoms with Crippen LogP contribution in [0.1, 0.15) is 221 Å². The van der Waals surface area contributed by atoms with Crippen molar-refractivity contribution in [2.45, 2.75) is 228 Å². The third kappa shape index (κ3) is 23.9. The maximum absolute atomic E-state index is 13.3. The lowest BCUT2D eigenvalue weighted by Gasteiger charge is -2.31. The van der Waals surface area contributed by atoms with E-state index >= 15 is 0 Å². The van der Waals surface area contributed by atoms with E-state index in [0.717, 1.165) is 104 Å². The summed E-state index contributed by atoms with van der Waals surface area (Å²) in [5, 5.41) is 7.97. The quantitative estimate of drug-likeness (QED) is 0.0146. The SMILES string of the molecule is C=C(OCC(=O)c1ccc(C)cc1)[C@@H]1CCCN1C(=O)[C@@H](NC(=O)OC)C(C)C.COC(=O)C[C@H](C(=O)N1CCC[C@H]1C(=O)OCC(=O)c1ccc(C)c2c1CCC2)C(C)C.COC(=O)N[C@H](C(=O)N1CCC[C@H]1c1ncc(-c2ccc(C)c3c2CCCC3)[nH]1)C(C)C.COC(=O)N[C@H](C(=O)N1CCC[C@H]1c1ncc(-c2ccc(C)cc2)[nH]1)C(C)C. The van der Waals surface area contributed by atoms with E-state index in [4.69, 9.17) is 23.9 Å². The summed E-state index contributed by atoms with van der Waals surface area (Å²) in [5.74, 6) is -0.869. The number of aromatic amines is 2. The summed E-state index contributed by atoms with van der Waals surface area (Å²) < 4.78 is 29.8. The van der Waals surface area contributed by atoms with E-state index in [2.05, 4.69) is 104 Å². The Balaban J connectivity index is 0.000000184. The van der Waals surface area contributed by atoms with Gasteiger partial charge >= 0.3 is 30.2 Å². The lowest BCUT2D eigenvalue weighted by molar-refractivity contribution is -0.155. The number of nitrogens with one attached hydrogen (secondary N) is 5. The maximum Gasteiger partial charge on any atom is 0.407 e. The van der Waals surface area contributed by atoms with E-state index in [1.54, 1.807) is 17.0 Å². The Morgan fingerprint density at radius 3 is 1.39 bits per heavy atom. The van der Waals surface area contributed by atoms with Crippen molar-refractivity contribution in [3.05, 3.63) is 165 Å². The van der Waals surface area contributed by atoms with E-state index in [1.807, 2.05) is 109 Å². The van der Waals surface area contributed by atoms with Gasteiger partial charge in [0.2, 0.25) is 29.4 Å². The molecule has 654 valence electrons. The molecule has 7 amide bonds. The van der Waals surface area contributed by atoms with Crippen LogP contribution in [0.15, 0.2) is 97.5 Å². The Labute approximate surface area is 711 Å². The number of likely N-dealkylation sites (tertiary alicyclic amines) is 4. The van der Waals surface area contributed by atoms with E-state index in [0.29, 0.717) is 62.3 Å². The molecular formula is C93H125N11O17. The molecule has 0 bridgehead atoms. The summed E-state index contributed by atoms with van der Waals surface area (Å²) in [6.07, 6.45) is 15.6. The number of aromatic nitrogens is 4. The average Bonchev–Trinajstić information content (AvgIpc) is 0.833. The molecule has 0 spiro atoms. The zero-order valence-electron chi connectivity index (χ0n) is 73.4. The van der Waals surface area contributed by atoms with Crippen molar-refractivity contribution >= 4 is 65.4 Å². The smallest absolute Gasteiger partial charge is 0.407 e. The first-order valence-corrected chi connectivity index (χ1v) is 42.6. The van der Waals surface area contributed by atoms with Crippen molar-refractivity contribution in [1.82, 2.24) is 55.5 Å². The summed E-state index contributed by atoms with van der Waals surface area (Å²) >= 11 is 0. The number of nitrogens with zero attached hydrogens (tertiary/aromatic N) is 6. The number of H-pyrrole nitrogens is 2. The number of benzene rings is 4. The maximum atomic E-state index is 13.3. The summed E-state index contributed by atoms with van der Waals surface area (Å²) in [7, 11) is 5.16. The van der Waals surface area contributed by atoms with Crippen LogP contribution in [0.25, 0.3) is 22.5 Å². The molecule has 6 heterocycles. The van der Waals surface area contributed by atoms with Gasteiger partial charge in [-0.1, -0.05) is 146 Å². The molecule has 4 fully saturated rings. The Morgan fingerprint density at radius 2 is 0.876 bits per heavy atom. The van der Waals surface area contributed by atoms with Crippen molar-refractivity contribution in [1.29, 1.82) is 0 Å². The number of hydrogen-bond acceptors (Lipinski definition) is 19. The molecule has 2 aromatic heterocycles. The first-order chi connectivity index (χ1) is 57.8. The van der Waals surface area contributed by atoms with Crippen molar-refractivity contribution in [2.24, 2.45) is 29.6 Å². The first kappa shape index (κ1) is 93.7. The fourth-order valence-electron chi connectivity index (χ4n) is 16.9. The molecule has 0 saturated carbocycles. The highest BCUT2D eigenvalue weighted by molar-refractivity contribution is 6.00. The van der Waals surface area contributed by atoms with E-state index < -0.39 is 60.3 Å². The van der Waals surface area contributed by atoms with Crippen LogP contribution in [0.2, 0.25) is 0 Å². The number of carbonyl (C=O) groups excluding carboxylic acids is 11. The van der Waals surface area contributed by atoms with Crippen LogP contribution in [0.5, 0.6) is 0 Å². The molecule has 0 radical (unpaired) electrons. The number of esters is 2. The molecule has 4 saturated heterocycles. The normalized spacial score (nSPS) is 18.0. The Kier molecular flexibility index (Phi) is 34.0. The minimum Gasteiger partial charge on any atom is -0.488 e. The van der Waals surface area contributed by atoms with E-state index in [1.165, 1.54) is 85.1 Å². The second kappa shape index (κ2) is 43.9. The second-order valence-corrected chi connectivity index (χ2v) is 33.6. The molecular weight excluding hydrogens is 1540 g/mol. The predicted molar refractivity (Wildman–Crippen MR) is 458 cm³/mol. The van der Waals surface area contributed by atoms with Crippen molar-refractivity contribution in [3.63, 3.8) is 0 Å². The van der Waals surface area contributed by atoms with E-state index in [9.17, 15) is 52.7 Å². The number of aryl methyl sites for hydroxylation is 4. The van der Waals surface area contributed by atoms with Gasteiger partial charge in [0.1, 0.15) is 41.6 Å². The molecule has 28 nitrogen and oxygen atoms in total. The predicted octanol–water partition coefficient (Wildman–Crippen LogP) is 13.9. The van der Waals surface area contributed by atoms with Crippen molar-refractivity contribution in [3.8, 4) is 22.5 Å². The minimum atomic E-state index is -0.724. The Morgan fingerprint density at radius 1 is 0.446 bits per heavy atom. The van der Waals surface area contributed by atoms with Crippen LogP contribution in [-0.4, -0.2) is 203 Å². The average molecular weight is 1670 g/mol. The molecule has 121 heavy (non-hydrogen) atoms. The lowest BCUT2D eigenvalue weighted by atomic mass is 9.85. The van der Waals surface area contributed by atoms with Gasteiger partial charge in [-0.2, -0.15) is 0 Å². The number of Topliss-reactive ketones (excluding diaryl/α,β-unsaturated/α-hetero) is 2. The standard InChI is InChI=1S/C25H34N4O3.C25H33NO6.C22H30N2O5.C21H28N4O3/c1-15(2)22(28-25(31)32-4)24(30)29-13-7-10-21(29)23-26-14-20(27-23)19-12-11-16(3)17-8-5-6-9-18(17)19;1-15(2)20(13-23(28)31-4)24(29)26-12-6-9-21(26)25(30)32-14-22(27)19-11-10-16(3)17-7-5-8-18(17)19;1-14(2)20(23-22(27)28-5)21(26)24-12-6-7-18(24)16(4)29-13-19(25)17-10-8-15(3)9-11-17;1-13(2)18(24-21(27)28-4)20(26)25-11-5-6-17(25)19-22-12-16(23-19)15-9-7-14(3)8-10-15/h11-12,14-15,21-22H,5-10,13H2,1-4H3,(H,26,27)(H,28,31);10-11,15,20-21H,5-9,12-14H2,1-4H3;8-11,14,18,20H,4,6-7,12-13H2,1-3,5H3,(H,23,27);7-10,12-13,17-18H,5-6,11H2,1-4H3,(H,22,23)(H,24,27)/t21-,22-;20-,21-;18-,20-;17-,18-/m0000/s1. The molecule has 12 rings (SSSR count). The highest BCUT2D eigenvalue weighted by Crippen LogP contribution is 2.39. The number of imidazole rings is 2. The van der Waals surface area contributed by atoms with Gasteiger partial charge in [0.05, 0.1) is 82.7 Å². The minimum absolute atomic E-state index is 0.0255. The highest BCUT2D eigenvalue weighted by Gasteiger charge is 2.43. The fraction of sp³-hybridized carbons (Fsp3) is 0.538. The summed E-state index contributed by atoms with van der Waals surface area (Å²) in [6.45, 7) is 29.1. The van der Waals surface area contributed by atoms with Crippen molar-refractivity contribution in [2.75, 3.05) is 67.8 Å². The molecule has 6 aliphatic rings. The number of carbonyl (C=O) groups is 11. The summed E-state index contributed by atoms with van der Waals surface area (Å²) in [4.78, 5) is 160. The fourth-order valence-corrected chi connectivity index (χ4v) is 16.9. The van der Waals surface area contributed by atoms with Gasteiger partial charge < -0.3 is 73.9 Å². The second-order valence-electron chi connectivity index (χ2n) is 33.6. The van der Waals surface area contributed by atoms with Crippen LogP contribution < -0.4 is 16.0 Å². The lowest BCUT2D eigenvalue weighted by Crippen LogP contribution is -2.52. The zero-order chi connectivity index (χ0) is 88.1. The van der Waals surface area contributed by atoms with Gasteiger partial charge in [-0.3, -0.25) is 33.6 Å². The van der Waals surface area contributed by atoms with Gasteiger partial charge in [0, 0.05) is 42.9 Å². The third-order valence-electron chi connectivity index (χ3n) is 23.9. The van der Waals surface area contributed by atoms with Crippen LogP contribution >= 0.6 is 0 Å². The summed E-state index contributed by atoms with van der Waals surface area (Å²) in [5.41, 5.74) is 15.5. The van der Waals surface area contributed by atoms with Crippen LogP contribution in [0.3, 0.4) is 0 Å². The molecule has 5 N–H and O–H groups in total. The Bertz CT molecular complexity index is 4640. The number of fused-ring (bicyclic) bond motifs is 2. The number of ether oxygens (including phenoxy) is 6. The first-order valence-electron chi connectivity index (χ1n) is 42.6. The van der Waals surface area contributed by atoms with Crippen molar-refractivity contribution < 1.29 is 81.2 Å². The van der Waals surface area contributed by atoms with Crippen LogP contribution in [0.4, 0.5) is 14.4 Å². The topological polar surface area (TPSA) is 350 Å². The molecule has 4 aromatic carbocycles. The number of alkyl carbamates (subject to hydrolysis) is 3. The number of hydrogen-bond donors (Lipinski definition) is 5. The molecule has 4 aliphatic heterocycles. The molecule has 2 aliphatic carbocycles. The third-order valence-corrected chi connectivity index (χ3v) is 23.9. The van der Waals surface area contributed by atoms with Crippen LogP contribution in [0, 0.1) is 57.3 Å². The number of ketones is 2. The molecule has 8 atom stereocenters. The van der Waals surface area contributed by atoms with Gasteiger partial charge in [-0.05, 0) is 187 Å². The molecule has 6 aromatic rings. The number of rotatable bonds is 26. The zero-order valence-corrected chi connectivity index (χ0v) is 73.4. The van der Waals surface area contributed by atoms with Gasteiger partial charge in [-0.15, -0.1) is 0 Å². The van der Waals surface area contributed by atoms with Gasteiger partial charge in [0.15, 0.2) is 19.0 Å². The summed E-state index contributed by atoms with van der Waals surface area (Å²) in [6, 6.07) is 20.5. The Hall–Kier alpha value is -11.2. The van der Waals surface area contributed by atoms with Crippen LogP contribution in [-0.2, 0) is 82.9 Å². The number of methoxy groups -OCH3 is 4. The highest BCUT2D eigenvalue weighted by atomic mass is 16.6. The monoisotopic (exact) mass is 1670 g/mol. The van der Waals surface area contributed by atoms with E-state index in [-0.39, 0.29) is 96.6 Å². The molecule has 28 heteroatoms.